The van der Waals surface area contributed by atoms with Crippen molar-refractivity contribution in [2.75, 3.05) is 37.7 Å². The normalized spacial score (nSPS) is 20.4. The van der Waals surface area contributed by atoms with E-state index < -0.39 is 32.2 Å². The molecule has 3 atom stereocenters. The number of ether oxygens (including phenoxy) is 1. The zero-order valence-corrected chi connectivity index (χ0v) is 22.5. The van der Waals surface area contributed by atoms with Crippen molar-refractivity contribution in [2.45, 2.75) is 36.6 Å². The van der Waals surface area contributed by atoms with Gasteiger partial charge in [0.15, 0.2) is 0 Å². The van der Waals surface area contributed by atoms with Gasteiger partial charge in [0, 0.05) is 30.8 Å². The van der Waals surface area contributed by atoms with Crippen LogP contribution in [0, 0.1) is 5.92 Å². The van der Waals surface area contributed by atoms with Gasteiger partial charge in [0.05, 0.1) is 31.9 Å². The third-order valence-corrected chi connectivity index (χ3v) is 9.62. The maximum absolute atomic E-state index is 13.2. The lowest BCUT2D eigenvalue weighted by Crippen LogP contribution is -2.48. The molecule has 1 aromatic carbocycles. The molecule has 3 rings (SSSR count). The number of aliphatic hydroxyl groups excluding tert-OH is 1. The van der Waals surface area contributed by atoms with Crippen molar-refractivity contribution in [3.63, 3.8) is 0 Å². The van der Waals surface area contributed by atoms with Crippen LogP contribution in [-0.2, 0) is 31.3 Å². The van der Waals surface area contributed by atoms with Crippen molar-refractivity contribution < 1.29 is 31.5 Å². The number of thiophene rings is 1. The third-order valence-electron chi connectivity index (χ3n) is 5.82. The zero-order chi connectivity index (χ0) is 26.0. The molecule has 0 bridgehead atoms. The van der Waals surface area contributed by atoms with E-state index in [1.807, 2.05) is 6.92 Å². The first-order valence-electron chi connectivity index (χ1n) is 11.0. The number of nitrogens with zero attached hydrogens (tertiary/aromatic N) is 2. The summed E-state index contributed by atoms with van der Waals surface area (Å²) >= 11 is 1.13. The Labute approximate surface area is 210 Å². The van der Waals surface area contributed by atoms with E-state index in [2.05, 4.69) is 4.72 Å². The van der Waals surface area contributed by atoms with Crippen molar-refractivity contribution in [3.05, 3.63) is 41.3 Å². The van der Waals surface area contributed by atoms with Crippen LogP contribution in [0.4, 0.5) is 5.69 Å². The number of benzene rings is 1. The summed E-state index contributed by atoms with van der Waals surface area (Å²) in [5.74, 6) is -0.164. The van der Waals surface area contributed by atoms with Gasteiger partial charge in [0.2, 0.25) is 15.9 Å². The molecule has 2 aromatic rings. The van der Waals surface area contributed by atoms with E-state index in [1.54, 1.807) is 35.4 Å². The maximum Gasteiger partial charge on any atom is 0.252 e. The highest BCUT2D eigenvalue weighted by molar-refractivity contribution is 7.92. The molecule has 194 valence electrons. The van der Waals surface area contributed by atoms with Gasteiger partial charge >= 0.3 is 0 Å². The number of nitrogens with one attached hydrogen (secondary N) is 1. The van der Waals surface area contributed by atoms with Gasteiger partial charge in [-0.15, -0.1) is 11.3 Å². The molecule has 0 spiro atoms. The van der Waals surface area contributed by atoms with Gasteiger partial charge in [0.25, 0.3) is 10.0 Å². The van der Waals surface area contributed by atoms with Crippen LogP contribution in [0.5, 0.6) is 5.75 Å². The summed E-state index contributed by atoms with van der Waals surface area (Å²) < 4.78 is 59.5. The topological polar surface area (TPSA) is 133 Å². The number of sulfonamides is 2. The highest BCUT2D eigenvalue weighted by Crippen LogP contribution is 2.30. The lowest BCUT2D eigenvalue weighted by molar-refractivity contribution is -0.134. The predicted octanol–water partition coefficient (Wildman–Crippen LogP) is 1.59. The molecule has 10 nitrogen and oxygen atoms in total. The summed E-state index contributed by atoms with van der Waals surface area (Å²) in [6.45, 7) is 3.64. The summed E-state index contributed by atoms with van der Waals surface area (Å²) in [6, 6.07) is 7.40. The molecule has 1 aliphatic rings. The van der Waals surface area contributed by atoms with E-state index in [-0.39, 0.29) is 47.8 Å². The lowest BCUT2D eigenvalue weighted by Gasteiger charge is -2.33. The summed E-state index contributed by atoms with van der Waals surface area (Å²) in [7, 11) is -5.77. The Morgan fingerprint density at radius 2 is 2.00 bits per heavy atom. The van der Waals surface area contributed by atoms with Crippen LogP contribution in [0.2, 0.25) is 0 Å². The number of aliphatic hydroxyl groups is 1. The van der Waals surface area contributed by atoms with Crippen molar-refractivity contribution in [3.8, 4) is 5.75 Å². The van der Waals surface area contributed by atoms with E-state index >= 15 is 0 Å². The molecular weight excluding hydrogens is 514 g/mol. The second kappa shape index (κ2) is 10.8. The highest BCUT2D eigenvalue weighted by atomic mass is 32.2. The molecule has 2 N–H and O–H groups in total. The number of fused-ring (bicyclic) bond motifs is 1. The number of anilines is 1. The van der Waals surface area contributed by atoms with Crippen molar-refractivity contribution >= 4 is 43.0 Å². The van der Waals surface area contributed by atoms with Crippen molar-refractivity contribution in [1.82, 2.24) is 9.21 Å². The predicted molar refractivity (Wildman–Crippen MR) is 135 cm³/mol. The highest BCUT2D eigenvalue weighted by Gasteiger charge is 2.33. The Morgan fingerprint density at radius 3 is 2.60 bits per heavy atom. The first-order chi connectivity index (χ1) is 16.3. The lowest BCUT2D eigenvalue weighted by atomic mass is 10.0. The van der Waals surface area contributed by atoms with Crippen LogP contribution in [0.15, 0.2) is 39.9 Å². The Balaban J connectivity index is 1.99. The van der Waals surface area contributed by atoms with E-state index in [4.69, 9.17) is 4.74 Å². The molecule has 0 aliphatic carbocycles. The van der Waals surface area contributed by atoms with Crippen LogP contribution in [0.25, 0.3) is 0 Å². The molecular formula is C22H31N3O7S3. The fourth-order valence-electron chi connectivity index (χ4n) is 3.84. The minimum absolute atomic E-state index is 0.0275. The van der Waals surface area contributed by atoms with E-state index in [9.17, 15) is 26.7 Å². The van der Waals surface area contributed by atoms with E-state index in [0.717, 1.165) is 17.6 Å². The number of likely N-dealkylation sites (N-methyl/N-ethyl adjacent to an activating group) is 1. The number of amides is 1. The number of rotatable bonds is 8. The van der Waals surface area contributed by atoms with Gasteiger partial charge in [-0.1, -0.05) is 13.0 Å². The number of hydrogen-bond acceptors (Lipinski definition) is 8. The first kappa shape index (κ1) is 27.4. The SMILES string of the molecule is C[C@@H]1CN([C@@H](C)CO)C(=O)Cc2cc(NS(C)(=O)=O)ccc2O[C@H]1CN(C)S(=O)(=O)c1cccs1. The molecule has 0 radical (unpaired) electrons. The largest absolute Gasteiger partial charge is 0.488 e. The molecule has 0 unspecified atom stereocenters. The van der Waals surface area contributed by atoms with Gasteiger partial charge in [-0.3, -0.25) is 9.52 Å². The van der Waals surface area contributed by atoms with Gasteiger partial charge in [-0.25, -0.2) is 16.8 Å². The Bertz CT molecular complexity index is 1250. The second-order valence-electron chi connectivity index (χ2n) is 8.80. The Hall–Kier alpha value is -2.19. The minimum atomic E-state index is -3.72. The quantitative estimate of drug-likeness (QED) is 0.515. The maximum atomic E-state index is 13.2. The Morgan fingerprint density at radius 1 is 1.29 bits per heavy atom. The monoisotopic (exact) mass is 545 g/mol. The zero-order valence-electron chi connectivity index (χ0n) is 20.0. The van der Waals surface area contributed by atoms with Crippen LogP contribution in [-0.4, -0.2) is 82.2 Å². The third kappa shape index (κ3) is 6.73. The molecule has 0 saturated carbocycles. The Kier molecular flexibility index (Phi) is 8.48. The van der Waals surface area contributed by atoms with Crippen LogP contribution < -0.4 is 9.46 Å². The molecule has 2 heterocycles. The minimum Gasteiger partial charge on any atom is -0.488 e. The molecule has 1 aromatic heterocycles. The molecule has 0 saturated heterocycles. The van der Waals surface area contributed by atoms with Crippen LogP contribution in [0.3, 0.4) is 0 Å². The average molecular weight is 546 g/mol. The van der Waals surface area contributed by atoms with Crippen molar-refractivity contribution in [1.29, 1.82) is 0 Å². The summed E-state index contributed by atoms with van der Waals surface area (Å²) in [6.07, 6.45) is 0.339. The number of hydrogen-bond donors (Lipinski definition) is 2. The number of carbonyl (C=O) groups excluding carboxylic acids is 1. The van der Waals surface area contributed by atoms with Crippen LogP contribution >= 0.6 is 11.3 Å². The molecule has 0 fully saturated rings. The fourth-order valence-corrected chi connectivity index (χ4v) is 6.78. The molecule has 35 heavy (non-hydrogen) atoms. The van der Waals surface area contributed by atoms with Gasteiger partial charge in [-0.2, -0.15) is 4.31 Å². The van der Waals surface area contributed by atoms with Gasteiger partial charge < -0.3 is 14.7 Å². The fraction of sp³-hybridized carbons (Fsp3) is 0.500. The van der Waals surface area contributed by atoms with Crippen LogP contribution in [0.1, 0.15) is 19.4 Å². The molecule has 1 aliphatic heterocycles. The molecule has 13 heteroatoms. The van der Waals surface area contributed by atoms with Crippen molar-refractivity contribution in [2.24, 2.45) is 5.92 Å². The summed E-state index contributed by atoms with van der Waals surface area (Å²) in [5, 5.41) is 11.4. The standard InChI is InChI=1S/C22H31N3O7S3/c1-15-12-25(16(2)14-26)21(27)11-17-10-18(23-34(4,28)29)7-8-19(17)32-20(15)13-24(3)35(30,31)22-6-5-9-33-22/h5-10,15-16,20,23,26H,11-14H2,1-4H3/t15-,16+,20+/m1/s1. The van der Waals surface area contributed by atoms with E-state index in [1.165, 1.54) is 23.5 Å². The first-order valence-corrected chi connectivity index (χ1v) is 15.2. The smallest absolute Gasteiger partial charge is 0.252 e. The average Bonchev–Trinajstić information content (AvgIpc) is 3.32. The van der Waals surface area contributed by atoms with Gasteiger partial charge in [-0.05, 0) is 36.6 Å². The second-order valence-corrected chi connectivity index (χ2v) is 13.8. The molecule has 1 amide bonds. The number of carbonyl (C=O) groups is 1. The van der Waals surface area contributed by atoms with Gasteiger partial charge in [0.1, 0.15) is 16.1 Å². The summed E-state index contributed by atoms with van der Waals surface area (Å²) in [5.41, 5.74) is 0.743. The summed E-state index contributed by atoms with van der Waals surface area (Å²) in [4.78, 5) is 14.7. The van der Waals surface area contributed by atoms with E-state index in [0.29, 0.717) is 11.3 Å².